The number of nitrogens with one attached hydrogen (secondary N) is 1. The van der Waals surface area contributed by atoms with E-state index in [-0.39, 0.29) is 11.4 Å². The van der Waals surface area contributed by atoms with Crippen molar-refractivity contribution in [3.05, 3.63) is 12.7 Å². The Morgan fingerprint density at radius 2 is 2.00 bits per heavy atom. The minimum Gasteiger partial charge on any atom is -0.381 e. The molecule has 0 saturated carbocycles. The van der Waals surface area contributed by atoms with E-state index in [1.165, 1.54) is 18.9 Å². The van der Waals surface area contributed by atoms with Crippen LogP contribution in [0.15, 0.2) is 12.7 Å². The van der Waals surface area contributed by atoms with Gasteiger partial charge in [-0.25, -0.2) is 0 Å². The second-order valence-electron chi connectivity index (χ2n) is 4.95. The van der Waals surface area contributed by atoms with Crippen LogP contribution < -0.4 is 5.32 Å². The van der Waals surface area contributed by atoms with Gasteiger partial charge in [-0.3, -0.25) is 9.69 Å². The molecule has 0 aliphatic carbocycles. The molecule has 2 fully saturated rings. The molecule has 0 radical (unpaired) electrons. The molecular formula is C13H22N2O2. The molecule has 0 bridgehead atoms. The van der Waals surface area contributed by atoms with Crippen LogP contribution in [0.3, 0.4) is 0 Å². The van der Waals surface area contributed by atoms with Crippen LogP contribution in [-0.2, 0) is 9.53 Å². The third-order valence-corrected chi connectivity index (χ3v) is 3.98. The summed E-state index contributed by atoms with van der Waals surface area (Å²) < 4.78 is 5.46. The molecule has 1 N–H and O–H groups in total. The highest BCUT2D eigenvalue weighted by Gasteiger charge is 2.39. The first-order chi connectivity index (χ1) is 8.27. The van der Waals surface area contributed by atoms with Crippen LogP contribution in [-0.4, -0.2) is 49.2 Å². The quantitative estimate of drug-likeness (QED) is 0.741. The first kappa shape index (κ1) is 12.6. The smallest absolute Gasteiger partial charge is 0.243 e. The van der Waals surface area contributed by atoms with Crippen LogP contribution in [0.4, 0.5) is 0 Å². The lowest BCUT2D eigenvalue weighted by molar-refractivity contribution is -0.117. The molecule has 0 spiro atoms. The summed E-state index contributed by atoms with van der Waals surface area (Å²) in [7, 11) is 0. The Labute approximate surface area is 103 Å². The topological polar surface area (TPSA) is 41.6 Å². The highest BCUT2D eigenvalue weighted by molar-refractivity contribution is 5.86. The lowest BCUT2D eigenvalue weighted by Crippen LogP contribution is -2.57. The first-order valence-corrected chi connectivity index (χ1v) is 6.50. The average Bonchev–Trinajstić information content (AvgIpc) is 2.91. The Morgan fingerprint density at radius 1 is 1.35 bits per heavy atom. The van der Waals surface area contributed by atoms with Gasteiger partial charge in [0.15, 0.2) is 0 Å². The molecule has 2 aliphatic rings. The van der Waals surface area contributed by atoms with Gasteiger partial charge in [-0.1, -0.05) is 6.58 Å². The lowest BCUT2D eigenvalue weighted by atomic mass is 9.88. The zero-order chi connectivity index (χ0) is 12.1. The van der Waals surface area contributed by atoms with Crippen molar-refractivity contribution in [3.63, 3.8) is 0 Å². The maximum Gasteiger partial charge on any atom is 0.243 e. The number of amides is 1. The van der Waals surface area contributed by atoms with E-state index in [0.29, 0.717) is 0 Å². The molecule has 0 atom stereocenters. The highest BCUT2D eigenvalue weighted by atomic mass is 16.5. The van der Waals surface area contributed by atoms with Gasteiger partial charge in [0, 0.05) is 25.3 Å². The zero-order valence-corrected chi connectivity index (χ0v) is 10.4. The van der Waals surface area contributed by atoms with Crippen LogP contribution >= 0.6 is 0 Å². The van der Waals surface area contributed by atoms with E-state index in [2.05, 4.69) is 16.8 Å². The van der Waals surface area contributed by atoms with Gasteiger partial charge in [0.25, 0.3) is 0 Å². The Hall–Kier alpha value is -0.870. The predicted octanol–water partition coefficient (Wildman–Crippen LogP) is 0.934. The first-order valence-electron chi connectivity index (χ1n) is 6.50. The zero-order valence-electron chi connectivity index (χ0n) is 10.4. The molecular weight excluding hydrogens is 216 g/mol. The number of rotatable bonds is 4. The van der Waals surface area contributed by atoms with Crippen molar-refractivity contribution < 1.29 is 9.53 Å². The maximum atomic E-state index is 11.3. The number of hydrogen-bond donors (Lipinski definition) is 1. The minimum atomic E-state index is -0.0740. The second kappa shape index (κ2) is 5.65. The Morgan fingerprint density at radius 3 is 2.59 bits per heavy atom. The van der Waals surface area contributed by atoms with Crippen molar-refractivity contribution in [2.45, 2.75) is 31.2 Å². The number of carbonyl (C=O) groups excluding carboxylic acids is 1. The molecule has 0 aromatic heterocycles. The van der Waals surface area contributed by atoms with Gasteiger partial charge in [-0.2, -0.15) is 0 Å². The van der Waals surface area contributed by atoms with Crippen molar-refractivity contribution in [3.8, 4) is 0 Å². The van der Waals surface area contributed by atoms with Gasteiger partial charge in [0.2, 0.25) is 5.91 Å². The van der Waals surface area contributed by atoms with Crippen molar-refractivity contribution in [2.24, 2.45) is 0 Å². The molecule has 0 unspecified atom stereocenters. The minimum absolute atomic E-state index is 0.0740. The highest BCUT2D eigenvalue weighted by Crippen LogP contribution is 2.30. The molecule has 1 amide bonds. The fraction of sp³-hybridized carbons (Fsp3) is 0.769. The van der Waals surface area contributed by atoms with Crippen molar-refractivity contribution >= 4 is 5.91 Å². The third-order valence-electron chi connectivity index (χ3n) is 3.98. The summed E-state index contributed by atoms with van der Waals surface area (Å²) in [5.74, 6) is -0.0740. The van der Waals surface area contributed by atoms with Gasteiger partial charge in [-0.05, 0) is 44.8 Å². The number of likely N-dealkylation sites (tertiary alicyclic amines) is 1. The van der Waals surface area contributed by atoms with Crippen LogP contribution in [0.5, 0.6) is 0 Å². The predicted molar refractivity (Wildman–Crippen MR) is 66.8 cm³/mol. The van der Waals surface area contributed by atoms with Gasteiger partial charge >= 0.3 is 0 Å². The van der Waals surface area contributed by atoms with E-state index in [1.54, 1.807) is 0 Å². The van der Waals surface area contributed by atoms with Gasteiger partial charge in [-0.15, -0.1) is 0 Å². The van der Waals surface area contributed by atoms with Gasteiger partial charge < -0.3 is 10.1 Å². The second-order valence-corrected chi connectivity index (χ2v) is 4.95. The molecule has 96 valence electrons. The number of carbonyl (C=O) groups is 1. The van der Waals surface area contributed by atoms with Crippen LogP contribution in [0.2, 0.25) is 0 Å². The number of hydrogen-bond acceptors (Lipinski definition) is 3. The van der Waals surface area contributed by atoms with Crippen molar-refractivity contribution in [1.82, 2.24) is 10.2 Å². The summed E-state index contributed by atoms with van der Waals surface area (Å²) in [5.41, 5.74) is 0.118. The summed E-state index contributed by atoms with van der Waals surface area (Å²) in [5, 5.41) is 2.97. The van der Waals surface area contributed by atoms with Crippen molar-refractivity contribution in [1.29, 1.82) is 0 Å². The summed E-state index contributed by atoms with van der Waals surface area (Å²) in [6, 6.07) is 0. The lowest BCUT2D eigenvalue weighted by Gasteiger charge is -2.44. The van der Waals surface area contributed by atoms with Crippen LogP contribution in [0.25, 0.3) is 0 Å². The molecule has 4 heteroatoms. The van der Waals surface area contributed by atoms with Gasteiger partial charge in [0.1, 0.15) is 0 Å². The summed E-state index contributed by atoms with van der Waals surface area (Å²) in [4.78, 5) is 13.9. The largest absolute Gasteiger partial charge is 0.381 e. The molecule has 2 aliphatic heterocycles. The SMILES string of the molecule is C=CC(=O)NCC1(N2CCCC2)CCOCC1. The molecule has 4 nitrogen and oxygen atoms in total. The van der Waals surface area contributed by atoms with E-state index < -0.39 is 0 Å². The molecule has 0 aromatic rings. The maximum absolute atomic E-state index is 11.3. The third kappa shape index (κ3) is 2.87. The summed E-state index contributed by atoms with van der Waals surface area (Å²) in [6.45, 7) is 8.14. The Kier molecular flexibility index (Phi) is 4.18. The van der Waals surface area contributed by atoms with E-state index in [9.17, 15) is 4.79 Å². The molecule has 2 saturated heterocycles. The van der Waals surface area contributed by atoms with E-state index in [4.69, 9.17) is 4.74 Å². The Bertz CT molecular complexity index is 279. The summed E-state index contributed by atoms with van der Waals surface area (Å²) >= 11 is 0. The number of ether oxygens (including phenoxy) is 1. The summed E-state index contributed by atoms with van der Waals surface area (Å²) in [6.07, 6.45) is 5.93. The molecule has 0 aromatic carbocycles. The van der Waals surface area contributed by atoms with E-state index in [0.717, 1.165) is 45.7 Å². The Balaban J connectivity index is 2.00. The standard InChI is InChI=1S/C13H22N2O2/c1-2-12(16)14-11-13(5-9-17-10-6-13)15-7-3-4-8-15/h2H,1,3-11H2,(H,14,16). The van der Waals surface area contributed by atoms with E-state index >= 15 is 0 Å². The fourth-order valence-corrected chi connectivity index (χ4v) is 2.87. The van der Waals surface area contributed by atoms with E-state index in [1.807, 2.05) is 0 Å². The number of nitrogens with zero attached hydrogens (tertiary/aromatic N) is 1. The van der Waals surface area contributed by atoms with Crippen molar-refractivity contribution in [2.75, 3.05) is 32.8 Å². The average molecular weight is 238 g/mol. The van der Waals surface area contributed by atoms with Crippen LogP contribution in [0.1, 0.15) is 25.7 Å². The monoisotopic (exact) mass is 238 g/mol. The van der Waals surface area contributed by atoms with Gasteiger partial charge in [0.05, 0.1) is 0 Å². The normalized spacial score (nSPS) is 24.5. The van der Waals surface area contributed by atoms with Crippen LogP contribution in [0, 0.1) is 0 Å². The fourth-order valence-electron chi connectivity index (χ4n) is 2.87. The molecule has 17 heavy (non-hydrogen) atoms. The molecule has 2 rings (SSSR count). The molecule has 2 heterocycles.